The number of benzene rings is 2. The SMILES string of the molecule is COc1ccc2c(c1)C(=O)CC1(CCN(C(=O)c3cccc(OCC(C)C)c3)CC1)O2. The van der Waals surface area contributed by atoms with Crippen molar-refractivity contribution in [2.45, 2.75) is 38.7 Å². The zero-order valence-electron chi connectivity index (χ0n) is 18.3. The van der Waals surface area contributed by atoms with E-state index in [1.54, 1.807) is 31.4 Å². The average Bonchev–Trinajstić information content (AvgIpc) is 2.78. The first kappa shape index (κ1) is 21.2. The fraction of sp³-hybridized carbons (Fsp3) is 0.440. The maximum atomic E-state index is 13.0. The molecule has 0 aromatic heterocycles. The van der Waals surface area contributed by atoms with Gasteiger partial charge in [-0.3, -0.25) is 9.59 Å². The van der Waals surface area contributed by atoms with Gasteiger partial charge in [-0.2, -0.15) is 0 Å². The van der Waals surface area contributed by atoms with E-state index in [2.05, 4.69) is 13.8 Å². The highest BCUT2D eigenvalue weighted by atomic mass is 16.5. The first-order valence-electron chi connectivity index (χ1n) is 10.8. The predicted molar refractivity (Wildman–Crippen MR) is 117 cm³/mol. The van der Waals surface area contributed by atoms with Gasteiger partial charge in [-0.15, -0.1) is 0 Å². The third-order valence-electron chi connectivity index (χ3n) is 5.92. The molecule has 0 atom stereocenters. The van der Waals surface area contributed by atoms with Crippen molar-refractivity contribution in [3.05, 3.63) is 53.6 Å². The van der Waals surface area contributed by atoms with Crippen LogP contribution in [0.2, 0.25) is 0 Å². The number of nitrogens with zero attached hydrogens (tertiary/aromatic N) is 1. The van der Waals surface area contributed by atoms with Crippen LogP contribution in [0.3, 0.4) is 0 Å². The Hall–Kier alpha value is -3.02. The summed E-state index contributed by atoms with van der Waals surface area (Å²) in [7, 11) is 1.58. The van der Waals surface area contributed by atoms with Crippen LogP contribution in [0.25, 0.3) is 0 Å². The van der Waals surface area contributed by atoms with Gasteiger partial charge in [0.15, 0.2) is 5.78 Å². The minimum atomic E-state index is -0.544. The highest BCUT2D eigenvalue weighted by Crippen LogP contribution is 2.40. The normalized spacial score (nSPS) is 17.3. The van der Waals surface area contributed by atoms with Gasteiger partial charge in [-0.1, -0.05) is 19.9 Å². The lowest BCUT2D eigenvalue weighted by atomic mass is 9.82. The molecule has 1 amide bonds. The summed E-state index contributed by atoms with van der Waals surface area (Å²) in [5.74, 6) is 2.42. The summed E-state index contributed by atoms with van der Waals surface area (Å²) in [5, 5.41) is 0. The molecule has 6 nitrogen and oxygen atoms in total. The van der Waals surface area contributed by atoms with E-state index < -0.39 is 5.60 Å². The van der Waals surface area contributed by atoms with Crippen LogP contribution < -0.4 is 14.2 Å². The van der Waals surface area contributed by atoms with Gasteiger partial charge >= 0.3 is 0 Å². The van der Waals surface area contributed by atoms with Crippen molar-refractivity contribution in [2.24, 2.45) is 5.92 Å². The highest BCUT2D eigenvalue weighted by Gasteiger charge is 2.43. The van der Waals surface area contributed by atoms with Crippen molar-refractivity contribution in [2.75, 3.05) is 26.8 Å². The number of amides is 1. The molecule has 6 heteroatoms. The number of Topliss-reactive ketones (excluding diaryl/α,β-unsaturated/α-hetero) is 1. The van der Waals surface area contributed by atoms with E-state index >= 15 is 0 Å². The van der Waals surface area contributed by atoms with Crippen molar-refractivity contribution in [1.29, 1.82) is 0 Å². The molecule has 4 rings (SSSR count). The van der Waals surface area contributed by atoms with Crippen LogP contribution in [0.15, 0.2) is 42.5 Å². The summed E-state index contributed by atoms with van der Waals surface area (Å²) in [4.78, 5) is 27.7. The molecule has 2 aliphatic heterocycles. The van der Waals surface area contributed by atoms with Crippen LogP contribution in [-0.2, 0) is 0 Å². The Morgan fingerprint density at radius 1 is 1.13 bits per heavy atom. The number of carbonyl (C=O) groups excluding carboxylic acids is 2. The molecule has 2 aromatic carbocycles. The molecule has 31 heavy (non-hydrogen) atoms. The second kappa shape index (κ2) is 8.61. The molecule has 2 aliphatic rings. The molecule has 0 bridgehead atoms. The monoisotopic (exact) mass is 423 g/mol. The largest absolute Gasteiger partial charge is 0.497 e. The lowest BCUT2D eigenvalue weighted by molar-refractivity contribution is -0.00577. The lowest BCUT2D eigenvalue weighted by Gasteiger charge is -2.44. The fourth-order valence-corrected chi connectivity index (χ4v) is 4.16. The van der Waals surface area contributed by atoms with Crippen LogP contribution >= 0.6 is 0 Å². The molecular formula is C25H29NO5. The summed E-state index contributed by atoms with van der Waals surface area (Å²) >= 11 is 0. The van der Waals surface area contributed by atoms with E-state index in [0.29, 0.717) is 73.3 Å². The van der Waals surface area contributed by atoms with E-state index in [1.165, 1.54) is 0 Å². The molecule has 1 fully saturated rings. The summed E-state index contributed by atoms with van der Waals surface area (Å²) in [6, 6.07) is 12.7. The Balaban J connectivity index is 1.42. The van der Waals surface area contributed by atoms with Gasteiger partial charge in [0.1, 0.15) is 22.8 Å². The fourth-order valence-electron chi connectivity index (χ4n) is 4.16. The number of likely N-dealkylation sites (tertiary alicyclic amines) is 1. The quantitative estimate of drug-likeness (QED) is 0.715. The number of rotatable bonds is 5. The van der Waals surface area contributed by atoms with Gasteiger partial charge in [0.25, 0.3) is 5.91 Å². The second-order valence-corrected chi connectivity index (χ2v) is 8.77. The number of methoxy groups -OCH3 is 1. The van der Waals surface area contributed by atoms with Crippen molar-refractivity contribution < 1.29 is 23.8 Å². The minimum Gasteiger partial charge on any atom is -0.497 e. The van der Waals surface area contributed by atoms with E-state index in [-0.39, 0.29) is 11.7 Å². The minimum absolute atomic E-state index is 0.0166. The zero-order valence-corrected chi connectivity index (χ0v) is 18.3. The Morgan fingerprint density at radius 2 is 1.90 bits per heavy atom. The smallest absolute Gasteiger partial charge is 0.253 e. The van der Waals surface area contributed by atoms with Gasteiger partial charge in [-0.25, -0.2) is 0 Å². The number of piperidine rings is 1. The molecule has 0 radical (unpaired) electrons. The maximum Gasteiger partial charge on any atom is 0.253 e. The summed E-state index contributed by atoms with van der Waals surface area (Å²) in [6.45, 7) is 5.89. The first-order chi connectivity index (χ1) is 14.9. The number of hydrogen-bond donors (Lipinski definition) is 0. The lowest BCUT2D eigenvalue weighted by Crippen LogP contribution is -2.52. The predicted octanol–water partition coefficient (Wildman–Crippen LogP) is 4.37. The van der Waals surface area contributed by atoms with E-state index in [9.17, 15) is 9.59 Å². The van der Waals surface area contributed by atoms with Crippen LogP contribution in [0, 0.1) is 5.92 Å². The molecule has 0 saturated carbocycles. The van der Waals surface area contributed by atoms with Crippen LogP contribution in [-0.4, -0.2) is 49.0 Å². The Kier molecular flexibility index (Phi) is 5.90. The molecule has 2 heterocycles. The Bertz CT molecular complexity index is 976. The molecule has 0 unspecified atom stereocenters. The topological polar surface area (TPSA) is 65.1 Å². The molecule has 0 aliphatic carbocycles. The Labute approximate surface area is 183 Å². The number of ketones is 1. The van der Waals surface area contributed by atoms with E-state index in [4.69, 9.17) is 14.2 Å². The molecule has 2 aromatic rings. The number of carbonyl (C=O) groups is 2. The molecule has 0 N–H and O–H groups in total. The van der Waals surface area contributed by atoms with E-state index in [1.807, 2.05) is 23.1 Å². The van der Waals surface area contributed by atoms with Gasteiger partial charge in [-0.05, 0) is 42.3 Å². The van der Waals surface area contributed by atoms with Crippen LogP contribution in [0.5, 0.6) is 17.2 Å². The van der Waals surface area contributed by atoms with Gasteiger partial charge in [0, 0.05) is 31.5 Å². The average molecular weight is 424 g/mol. The van der Waals surface area contributed by atoms with Crippen molar-refractivity contribution >= 4 is 11.7 Å². The summed E-state index contributed by atoms with van der Waals surface area (Å²) in [5.41, 5.74) is 0.648. The third-order valence-corrected chi connectivity index (χ3v) is 5.92. The first-order valence-corrected chi connectivity index (χ1v) is 10.8. The van der Waals surface area contributed by atoms with Crippen LogP contribution in [0.4, 0.5) is 0 Å². The molecule has 1 saturated heterocycles. The van der Waals surface area contributed by atoms with Gasteiger partial charge in [0.05, 0.1) is 25.7 Å². The van der Waals surface area contributed by atoms with Crippen molar-refractivity contribution in [1.82, 2.24) is 4.90 Å². The van der Waals surface area contributed by atoms with Crippen LogP contribution in [0.1, 0.15) is 53.8 Å². The van der Waals surface area contributed by atoms with Crippen molar-refractivity contribution in [3.63, 3.8) is 0 Å². The second-order valence-electron chi connectivity index (χ2n) is 8.77. The van der Waals surface area contributed by atoms with E-state index in [0.717, 1.165) is 0 Å². The van der Waals surface area contributed by atoms with Gasteiger partial charge < -0.3 is 19.1 Å². The number of hydrogen-bond acceptors (Lipinski definition) is 5. The molecule has 1 spiro atoms. The summed E-state index contributed by atoms with van der Waals surface area (Å²) < 4.78 is 17.3. The number of ether oxygens (including phenoxy) is 3. The third kappa shape index (κ3) is 4.53. The number of fused-ring (bicyclic) bond motifs is 1. The standard InChI is InChI=1S/C25H29NO5/c1-17(2)16-30-20-6-4-5-18(13-20)24(28)26-11-9-25(10-12-26)15-22(27)21-14-19(29-3)7-8-23(21)31-25/h4-8,13-14,17H,9-12,15-16H2,1-3H3. The summed E-state index contributed by atoms with van der Waals surface area (Å²) in [6.07, 6.45) is 1.58. The van der Waals surface area contributed by atoms with Gasteiger partial charge in [0.2, 0.25) is 0 Å². The maximum absolute atomic E-state index is 13.0. The zero-order chi connectivity index (χ0) is 22.0. The molecule has 164 valence electrons. The Morgan fingerprint density at radius 3 is 2.61 bits per heavy atom. The highest BCUT2D eigenvalue weighted by molar-refractivity contribution is 6.01. The van der Waals surface area contributed by atoms with Crippen molar-refractivity contribution in [3.8, 4) is 17.2 Å². The molecular weight excluding hydrogens is 394 g/mol.